The number of thioether (sulfide) groups is 1. The maximum Gasteiger partial charge on any atom is 0.240 e. The van der Waals surface area contributed by atoms with E-state index in [1.807, 2.05) is 23.7 Å². The Kier molecular flexibility index (Phi) is 6.79. The van der Waals surface area contributed by atoms with E-state index in [2.05, 4.69) is 29.2 Å². The van der Waals surface area contributed by atoms with Crippen LogP contribution in [0.2, 0.25) is 0 Å². The highest BCUT2D eigenvalue weighted by Crippen LogP contribution is 2.14. The molecule has 0 aromatic carbocycles. The molecule has 0 radical (unpaired) electrons. The van der Waals surface area contributed by atoms with Gasteiger partial charge in [0, 0.05) is 44.2 Å². The lowest BCUT2D eigenvalue weighted by atomic mass is 10.0. The molecule has 2 fully saturated rings. The summed E-state index contributed by atoms with van der Waals surface area (Å²) in [4.78, 5) is 19.1. The number of hydrogen-bond donors (Lipinski definition) is 1. The number of hydrogen-bond acceptors (Lipinski definition) is 5. The predicted molar refractivity (Wildman–Crippen MR) is 89.9 cm³/mol. The first-order chi connectivity index (χ1) is 10.1. The summed E-state index contributed by atoms with van der Waals surface area (Å²) < 4.78 is 0. The van der Waals surface area contributed by atoms with Crippen LogP contribution in [0.3, 0.4) is 0 Å². The SMILES string of the molecule is CN1CCC(N(C)CCN(C)C(=O)C2CSCCN2)CC1. The molecule has 2 aliphatic heterocycles. The molecule has 0 aliphatic carbocycles. The molecule has 1 N–H and O–H groups in total. The summed E-state index contributed by atoms with van der Waals surface area (Å²) in [5, 5.41) is 3.32. The molecule has 122 valence electrons. The monoisotopic (exact) mass is 314 g/mol. The number of carbonyl (C=O) groups is 1. The molecular formula is C15H30N4OS. The third kappa shape index (κ3) is 5.13. The zero-order valence-electron chi connectivity index (χ0n) is 13.7. The summed E-state index contributed by atoms with van der Waals surface area (Å²) >= 11 is 1.87. The van der Waals surface area contributed by atoms with Gasteiger partial charge in [-0.1, -0.05) is 0 Å². The number of likely N-dealkylation sites (tertiary alicyclic amines) is 1. The van der Waals surface area contributed by atoms with Gasteiger partial charge >= 0.3 is 0 Å². The summed E-state index contributed by atoms with van der Waals surface area (Å²) in [6.07, 6.45) is 2.48. The highest BCUT2D eigenvalue weighted by atomic mass is 32.2. The standard InChI is InChI=1S/C15H30N4OS/c1-17-7-4-13(5-8-17)18(2)9-10-19(3)15(20)14-12-21-11-6-16-14/h13-14,16H,4-12H2,1-3H3. The zero-order valence-corrected chi connectivity index (χ0v) is 14.5. The van der Waals surface area contributed by atoms with E-state index >= 15 is 0 Å². The van der Waals surface area contributed by atoms with E-state index in [1.165, 1.54) is 25.9 Å². The number of carbonyl (C=O) groups excluding carboxylic acids is 1. The summed E-state index contributed by atoms with van der Waals surface area (Å²) in [6.45, 7) is 5.12. The quantitative estimate of drug-likeness (QED) is 0.783. The molecule has 0 aromatic rings. The van der Waals surface area contributed by atoms with Crippen LogP contribution in [0.25, 0.3) is 0 Å². The van der Waals surface area contributed by atoms with Gasteiger partial charge in [0.25, 0.3) is 0 Å². The molecular weight excluding hydrogens is 284 g/mol. The Balaban J connectivity index is 1.70. The van der Waals surface area contributed by atoms with E-state index in [1.54, 1.807) is 0 Å². The Morgan fingerprint density at radius 3 is 2.62 bits per heavy atom. The number of rotatable bonds is 5. The van der Waals surface area contributed by atoms with Crippen molar-refractivity contribution in [1.29, 1.82) is 0 Å². The van der Waals surface area contributed by atoms with Crippen molar-refractivity contribution >= 4 is 17.7 Å². The van der Waals surface area contributed by atoms with E-state index in [4.69, 9.17) is 0 Å². The van der Waals surface area contributed by atoms with Crippen LogP contribution in [0.5, 0.6) is 0 Å². The van der Waals surface area contributed by atoms with Crippen LogP contribution in [0, 0.1) is 0 Å². The lowest BCUT2D eigenvalue weighted by Crippen LogP contribution is -2.51. The summed E-state index contributed by atoms with van der Waals surface area (Å²) in [6, 6.07) is 0.690. The van der Waals surface area contributed by atoms with Gasteiger partial charge in [0.1, 0.15) is 0 Å². The summed E-state index contributed by atoms with van der Waals surface area (Å²) in [5.74, 6) is 2.28. The number of piperidine rings is 1. The predicted octanol–water partition coefficient (Wildman–Crippen LogP) is 0.176. The van der Waals surface area contributed by atoms with Crippen LogP contribution in [0.15, 0.2) is 0 Å². The van der Waals surface area contributed by atoms with Crippen LogP contribution in [0.4, 0.5) is 0 Å². The molecule has 0 bridgehead atoms. The fraction of sp³-hybridized carbons (Fsp3) is 0.933. The second-order valence-electron chi connectivity index (χ2n) is 6.36. The third-order valence-electron chi connectivity index (χ3n) is 4.70. The van der Waals surface area contributed by atoms with E-state index in [0.717, 1.165) is 31.1 Å². The van der Waals surface area contributed by atoms with Crippen LogP contribution < -0.4 is 5.32 Å². The van der Waals surface area contributed by atoms with Crippen molar-refractivity contribution in [1.82, 2.24) is 20.0 Å². The number of likely N-dealkylation sites (N-methyl/N-ethyl adjacent to an activating group) is 2. The average molecular weight is 314 g/mol. The van der Waals surface area contributed by atoms with Gasteiger partial charge < -0.3 is 20.0 Å². The minimum absolute atomic E-state index is 0.0161. The Morgan fingerprint density at radius 1 is 1.29 bits per heavy atom. The largest absolute Gasteiger partial charge is 0.343 e. The van der Waals surface area contributed by atoms with Gasteiger partial charge in [-0.15, -0.1) is 0 Å². The minimum Gasteiger partial charge on any atom is -0.343 e. The van der Waals surface area contributed by atoms with Crippen molar-refractivity contribution in [2.75, 3.05) is 65.4 Å². The zero-order chi connectivity index (χ0) is 15.2. The van der Waals surface area contributed by atoms with Crippen molar-refractivity contribution in [2.24, 2.45) is 0 Å². The molecule has 2 heterocycles. The maximum absolute atomic E-state index is 12.4. The van der Waals surface area contributed by atoms with Crippen molar-refractivity contribution in [3.8, 4) is 0 Å². The lowest BCUT2D eigenvalue weighted by molar-refractivity contribution is -0.131. The molecule has 0 saturated carbocycles. The number of nitrogens with one attached hydrogen (secondary N) is 1. The minimum atomic E-state index is 0.0161. The van der Waals surface area contributed by atoms with Crippen molar-refractivity contribution in [2.45, 2.75) is 24.9 Å². The Bertz CT molecular complexity index is 328. The molecule has 2 saturated heterocycles. The Labute approximate surface area is 133 Å². The first kappa shape index (κ1) is 17.1. The molecule has 2 rings (SSSR count). The van der Waals surface area contributed by atoms with Crippen LogP contribution >= 0.6 is 11.8 Å². The Hall–Kier alpha value is -0.300. The normalized spacial score (nSPS) is 25.2. The molecule has 1 amide bonds. The summed E-state index contributed by atoms with van der Waals surface area (Å²) in [7, 11) is 6.33. The van der Waals surface area contributed by atoms with Gasteiger partial charge in [-0.2, -0.15) is 11.8 Å². The van der Waals surface area contributed by atoms with Gasteiger partial charge in [-0.3, -0.25) is 4.79 Å². The number of amides is 1. The van der Waals surface area contributed by atoms with Gasteiger partial charge in [0.05, 0.1) is 6.04 Å². The second-order valence-corrected chi connectivity index (χ2v) is 7.51. The van der Waals surface area contributed by atoms with Gasteiger partial charge in [-0.25, -0.2) is 0 Å². The van der Waals surface area contributed by atoms with Crippen LogP contribution in [-0.4, -0.2) is 98.1 Å². The topological polar surface area (TPSA) is 38.8 Å². The van der Waals surface area contributed by atoms with Gasteiger partial charge in [0.2, 0.25) is 5.91 Å². The summed E-state index contributed by atoms with van der Waals surface area (Å²) in [5.41, 5.74) is 0. The molecule has 1 atom stereocenters. The average Bonchev–Trinajstić information content (AvgIpc) is 2.53. The molecule has 2 aliphatic rings. The van der Waals surface area contributed by atoms with E-state index < -0.39 is 0 Å². The first-order valence-corrected chi connectivity index (χ1v) is 9.18. The first-order valence-electron chi connectivity index (χ1n) is 8.03. The van der Waals surface area contributed by atoms with Crippen molar-refractivity contribution in [3.63, 3.8) is 0 Å². The fourth-order valence-electron chi connectivity index (χ4n) is 3.03. The molecule has 5 nitrogen and oxygen atoms in total. The highest BCUT2D eigenvalue weighted by Gasteiger charge is 2.25. The van der Waals surface area contributed by atoms with Crippen molar-refractivity contribution < 1.29 is 4.79 Å². The molecule has 0 aromatic heterocycles. The molecule has 1 unspecified atom stereocenters. The van der Waals surface area contributed by atoms with E-state index in [9.17, 15) is 4.79 Å². The Morgan fingerprint density at radius 2 is 2.00 bits per heavy atom. The molecule has 21 heavy (non-hydrogen) atoms. The third-order valence-corrected chi connectivity index (χ3v) is 5.76. The van der Waals surface area contributed by atoms with E-state index in [-0.39, 0.29) is 11.9 Å². The van der Waals surface area contributed by atoms with E-state index in [0.29, 0.717) is 6.04 Å². The highest BCUT2D eigenvalue weighted by molar-refractivity contribution is 7.99. The molecule has 6 heteroatoms. The lowest BCUT2D eigenvalue weighted by Gasteiger charge is -2.36. The smallest absolute Gasteiger partial charge is 0.240 e. The fourth-order valence-corrected chi connectivity index (χ4v) is 3.95. The van der Waals surface area contributed by atoms with Gasteiger partial charge in [0.15, 0.2) is 0 Å². The maximum atomic E-state index is 12.4. The molecule has 0 spiro atoms. The van der Waals surface area contributed by atoms with Crippen molar-refractivity contribution in [3.05, 3.63) is 0 Å². The second kappa shape index (κ2) is 8.36. The number of nitrogens with zero attached hydrogens (tertiary/aromatic N) is 3. The van der Waals surface area contributed by atoms with Crippen LogP contribution in [-0.2, 0) is 4.79 Å². The van der Waals surface area contributed by atoms with Crippen LogP contribution in [0.1, 0.15) is 12.8 Å². The van der Waals surface area contributed by atoms with Gasteiger partial charge in [-0.05, 0) is 40.0 Å².